The maximum absolute atomic E-state index is 11.7. The summed E-state index contributed by atoms with van der Waals surface area (Å²) < 4.78 is 23.0. The third-order valence-corrected chi connectivity index (χ3v) is 6.59. The van der Waals surface area contributed by atoms with Gasteiger partial charge in [0.05, 0.1) is 30.4 Å². The topological polar surface area (TPSA) is 94.9 Å². The molecule has 190 valence electrons. The Morgan fingerprint density at radius 2 is 1.83 bits per heavy atom. The minimum atomic E-state index is -0.450. The van der Waals surface area contributed by atoms with Crippen molar-refractivity contribution in [2.45, 2.75) is 77.1 Å². The molecule has 1 saturated carbocycles. The fourth-order valence-electron chi connectivity index (χ4n) is 4.79. The zero-order chi connectivity index (χ0) is 25.7. The van der Waals surface area contributed by atoms with Crippen molar-refractivity contribution >= 4 is 11.9 Å². The number of esters is 2. The van der Waals surface area contributed by atoms with Gasteiger partial charge in [0.1, 0.15) is 18.5 Å². The van der Waals surface area contributed by atoms with Crippen molar-refractivity contribution in [3.05, 3.63) is 64.2 Å². The molecule has 0 amide bonds. The second kappa shape index (κ2) is 11.6. The molecule has 1 aliphatic heterocycles. The summed E-state index contributed by atoms with van der Waals surface area (Å²) in [6, 6.07) is 14.7. The maximum Gasteiger partial charge on any atom is 0.302 e. The van der Waals surface area contributed by atoms with Crippen LogP contribution in [0.4, 0.5) is 0 Å². The van der Waals surface area contributed by atoms with Crippen molar-refractivity contribution in [2.24, 2.45) is 0 Å². The number of rotatable bonds is 9. The molecule has 4 rings (SSSR count). The van der Waals surface area contributed by atoms with Crippen LogP contribution in [-0.4, -0.2) is 37.4 Å². The lowest BCUT2D eigenvalue weighted by molar-refractivity contribution is -0.169. The lowest BCUT2D eigenvalue weighted by Crippen LogP contribution is -2.37. The summed E-state index contributed by atoms with van der Waals surface area (Å²) in [5.41, 5.74) is 4.73. The summed E-state index contributed by atoms with van der Waals surface area (Å²) >= 11 is 0. The predicted molar refractivity (Wildman–Crippen MR) is 133 cm³/mol. The molecular weight excluding hydrogens is 458 g/mol. The van der Waals surface area contributed by atoms with Crippen LogP contribution in [0.25, 0.3) is 0 Å². The van der Waals surface area contributed by atoms with Crippen LogP contribution in [0.2, 0.25) is 0 Å². The Morgan fingerprint density at radius 1 is 1.08 bits per heavy atom. The van der Waals surface area contributed by atoms with Crippen LogP contribution in [0.15, 0.2) is 36.4 Å². The van der Waals surface area contributed by atoms with Crippen LogP contribution in [-0.2, 0) is 30.2 Å². The smallest absolute Gasteiger partial charge is 0.302 e. The Hall–Kier alpha value is -3.37. The third kappa shape index (κ3) is 6.64. The van der Waals surface area contributed by atoms with Gasteiger partial charge in [-0.2, -0.15) is 5.26 Å². The molecule has 1 saturated heterocycles. The standard InChI is InChI=1S/C29H33NO6/c1-4-33-28-13-24(16-30)23(11-20-5-7-21(8-6-20)22-9-10-22)12-27(28)29-15-25(35-19(3)32)14-26(36-29)17-34-18(2)31/h5-8,12-13,22,25-26,29H,4,9-11,14-15,17H2,1-3H3/t25-,26-,29+/m0/s1. The number of nitriles is 1. The van der Waals surface area contributed by atoms with E-state index in [2.05, 4.69) is 30.3 Å². The monoisotopic (exact) mass is 491 g/mol. The van der Waals surface area contributed by atoms with Gasteiger partial charge in [0.25, 0.3) is 0 Å². The molecule has 2 aliphatic rings. The van der Waals surface area contributed by atoms with Gasteiger partial charge in [-0.15, -0.1) is 0 Å². The summed E-state index contributed by atoms with van der Waals surface area (Å²) in [7, 11) is 0. The van der Waals surface area contributed by atoms with E-state index in [1.54, 1.807) is 6.07 Å². The van der Waals surface area contributed by atoms with E-state index in [1.165, 1.54) is 32.3 Å². The van der Waals surface area contributed by atoms with E-state index in [9.17, 15) is 14.9 Å². The highest BCUT2D eigenvalue weighted by Crippen LogP contribution is 2.41. The minimum Gasteiger partial charge on any atom is -0.493 e. The van der Waals surface area contributed by atoms with E-state index in [0.29, 0.717) is 43.1 Å². The van der Waals surface area contributed by atoms with E-state index in [0.717, 1.165) is 16.7 Å². The molecule has 7 heteroatoms. The molecule has 1 heterocycles. The van der Waals surface area contributed by atoms with Crippen molar-refractivity contribution in [2.75, 3.05) is 13.2 Å². The zero-order valence-corrected chi connectivity index (χ0v) is 21.1. The average molecular weight is 492 g/mol. The molecule has 0 bridgehead atoms. The second-order valence-corrected chi connectivity index (χ2v) is 9.54. The Balaban J connectivity index is 1.64. The number of ether oxygens (including phenoxy) is 4. The molecule has 0 spiro atoms. The first kappa shape index (κ1) is 25.7. The van der Waals surface area contributed by atoms with Crippen molar-refractivity contribution < 1.29 is 28.5 Å². The van der Waals surface area contributed by atoms with Gasteiger partial charge in [-0.3, -0.25) is 9.59 Å². The highest BCUT2D eigenvalue weighted by molar-refractivity contribution is 5.66. The molecule has 0 radical (unpaired) electrons. The van der Waals surface area contributed by atoms with Crippen LogP contribution < -0.4 is 4.74 Å². The molecule has 2 aromatic carbocycles. The molecule has 7 nitrogen and oxygen atoms in total. The van der Waals surface area contributed by atoms with E-state index in [4.69, 9.17) is 18.9 Å². The lowest BCUT2D eigenvalue weighted by atomic mass is 9.91. The Bertz CT molecular complexity index is 1130. The van der Waals surface area contributed by atoms with E-state index in [1.807, 2.05) is 13.0 Å². The second-order valence-electron chi connectivity index (χ2n) is 9.54. The summed E-state index contributed by atoms with van der Waals surface area (Å²) in [6.45, 7) is 5.12. The first-order valence-electron chi connectivity index (χ1n) is 12.6. The van der Waals surface area contributed by atoms with Gasteiger partial charge in [0.2, 0.25) is 0 Å². The number of hydrogen-bond donors (Lipinski definition) is 0. The van der Waals surface area contributed by atoms with Crippen molar-refractivity contribution in [3.63, 3.8) is 0 Å². The van der Waals surface area contributed by atoms with Gasteiger partial charge < -0.3 is 18.9 Å². The SMILES string of the molecule is CCOc1cc(C#N)c(Cc2ccc(C3CC3)cc2)cc1[C@H]1C[C@@H](OC(C)=O)C[C@@H](COC(C)=O)O1. The van der Waals surface area contributed by atoms with Gasteiger partial charge in [-0.05, 0) is 60.9 Å². The quantitative estimate of drug-likeness (QED) is 0.448. The Morgan fingerprint density at radius 3 is 2.44 bits per heavy atom. The van der Waals surface area contributed by atoms with Crippen LogP contribution >= 0.6 is 0 Å². The van der Waals surface area contributed by atoms with Gasteiger partial charge >= 0.3 is 11.9 Å². The summed E-state index contributed by atoms with van der Waals surface area (Å²) in [4.78, 5) is 23.1. The highest BCUT2D eigenvalue weighted by atomic mass is 16.6. The van der Waals surface area contributed by atoms with E-state index in [-0.39, 0.29) is 18.7 Å². The summed E-state index contributed by atoms with van der Waals surface area (Å²) in [6.07, 6.45) is 2.73. The number of carbonyl (C=O) groups is 2. The lowest BCUT2D eigenvalue weighted by Gasteiger charge is -2.35. The first-order valence-corrected chi connectivity index (χ1v) is 12.6. The van der Waals surface area contributed by atoms with E-state index >= 15 is 0 Å². The van der Waals surface area contributed by atoms with Gasteiger partial charge in [0.15, 0.2) is 0 Å². The number of nitrogens with zero attached hydrogens (tertiary/aromatic N) is 1. The fraction of sp³-hybridized carbons (Fsp3) is 0.483. The third-order valence-electron chi connectivity index (χ3n) is 6.59. The number of hydrogen-bond acceptors (Lipinski definition) is 7. The average Bonchev–Trinajstić information content (AvgIpc) is 3.69. The van der Waals surface area contributed by atoms with Gasteiger partial charge in [-0.25, -0.2) is 0 Å². The van der Waals surface area contributed by atoms with Gasteiger partial charge in [0, 0.05) is 32.3 Å². The first-order chi connectivity index (χ1) is 17.4. The minimum absolute atomic E-state index is 0.0735. The molecule has 0 aromatic heterocycles. The van der Waals surface area contributed by atoms with Crippen molar-refractivity contribution in [3.8, 4) is 11.8 Å². The fourth-order valence-corrected chi connectivity index (χ4v) is 4.79. The zero-order valence-electron chi connectivity index (χ0n) is 21.1. The molecule has 0 N–H and O–H groups in total. The van der Waals surface area contributed by atoms with Crippen LogP contribution in [0.3, 0.4) is 0 Å². The van der Waals surface area contributed by atoms with Crippen LogP contribution in [0.1, 0.15) is 86.3 Å². The summed E-state index contributed by atoms with van der Waals surface area (Å²) in [5, 5.41) is 9.88. The normalized spacial score (nSPS) is 21.3. The number of carbonyl (C=O) groups excluding carboxylic acids is 2. The molecule has 3 atom stereocenters. The number of benzene rings is 2. The molecule has 2 fully saturated rings. The Kier molecular flexibility index (Phi) is 8.27. The molecule has 36 heavy (non-hydrogen) atoms. The highest BCUT2D eigenvalue weighted by Gasteiger charge is 2.35. The van der Waals surface area contributed by atoms with E-state index < -0.39 is 18.2 Å². The van der Waals surface area contributed by atoms with Crippen LogP contribution in [0.5, 0.6) is 5.75 Å². The van der Waals surface area contributed by atoms with Crippen LogP contribution in [0, 0.1) is 11.3 Å². The van der Waals surface area contributed by atoms with Gasteiger partial charge in [-0.1, -0.05) is 24.3 Å². The molecule has 2 aromatic rings. The molecule has 0 unspecified atom stereocenters. The summed E-state index contributed by atoms with van der Waals surface area (Å²) in [5.74, 6) is 0.501. The van der Waals surface area contributed by atoms with Crippen molar-refractivity contribution in [1.82, 2.24) is 0 Å². The Labute approximate surface area is 212 Å². The largest absolute Gasteiger partial charge is 0.493 e. The predicted octanol–water partition coefficient (Wildman–Crippen LogP) is 5.14. The maximum atomic E-state index is 11.7. The molecular formula is C29H33NO6. The molecule has 1 aliphatic carbocycles. The van der Waals surface area contributed by atoms with Crippen molar-refractivity contribution in [1.29, 1.82) is 5.26 Å².